The molecule has 4 fully saturated rings. The second-order valence-corrected chi connectivity index (χ2v) is 6.22. The second-order valence-electron chi connectivity index (χ2n) is 6.22. The molecule has 2 saturated carbocycles. The number of cyclic esters (lactones) is 4. The first-order chi connectivity index (χ1) is 9.58. The van der Waals surface area contributed by atoms with Gasteiger partial charge in [0.2, 0.25) is 0 Å². The molecule has 2 aliphatic heterocycles. The molecule has 2 saturated heterocycles. The molecule has 0 aromatic rings. The lowest BCUT2D eigenvalue weighted by Gasteiger charge is -2.52. The molecule has 0 spiro atoms. The molecule has 0 aromatic heterocycles. The van der Waals surface area contributed by atoms with Crippen LogP contribution in [0.4, 0.5) is 0 Å². The topological polar surface area (TPSA) is 86.7 Å². The van der Waals surface area contributed by atoms with E-state index in [4.69, 9.17) is 9.47 Å². The van der Waals surface area contributed by atoms with Crippen LogP contribution in [0.15, 0.2) is 0 Å². The Morgan fingerprint density at radius 3 is 1.05 bits per heavy atom. The predicted octanol–water partition coefficient (Wildman–Crippen LogP) is 0.438. The Bertz CT molecular complexity index is 446. The van der Waals surface area contributed by atoms with Crippen LogP contribution < -0.4 is 0 Å². The average Bonchev–Trinajstić information content (AvgIpc) is 2.42. The molecule has 6 heteroatoms. The summed E-state index contributed by atoms with van der Waals surface area (Å²) in [7, 11) is 0. The Labute approximate surface area is 114 Å². The van der Waals surface area contributed by atoms with Crippen LogP contribution in [0, 0.1) is 35.5 Å². The van der Waals surface area contributed by atoms with E-state index in [1.54, 1.807) is 0 Å². The van der Waals surface area contributed by atoms with E-state index >= 15 is 0 Å². The minimum atomic E-state index is -0.485. The van der Waals surface area contributed by atoms with Gasteiger partial charge in [-0.1, -0.05) is 0 Å². The van der Waals surface area contributed by atoms with Gasteiger partial charge in [-0.3, -0.25) is 19.2 Å². The fourth-order valence-corrected chi connectivity index (χ4v) is 4.72. The van der Waals surface area contributed by atoms with Crippen molar-refractivity contribution in [1.82, 2.24) is 0 Å². The van der Waals surface area contributed by atoms with Crippen molar-refractivity contribution in [2.45, 2.75) is 25.7 Å². The van der Waals surface area contributed by atoms with E-state index in [0.717, 1.165) is 0 Å². The smallest absolute Gasteiger partial charge is 0.316 e. The lowest BCUT2D eigenvalue weighted by molar-refractivity contribution is -0.204. The Hall–Kier alpha value is -1.72. The minimum Gasteiger partial charge on any atom is -0.393 e. The Kier molecular flexibility index (Phi) is 2.35. The summed E-state index contributed by atoms with van der Waals surface area (Å²) in [5.41, 5.74) is 0. The number of ether oxygens (including phenoxy) is 2. The molecule has 0 bridgehead atoms. The molecule has 0 aromatic carbocycles. The molecule has 6 atom stereocenters. The van der Waals surface area contributed by atoms with Crippen LogP contribution in [0.2, 0.25) is 0 Å². The highest BCUT2D eigenvalue weighted by Gasteiger charge is 2.62. The highest BCUT2D eigenvalue weighted by molar-refractivity contribution is 5.95. The predicted molar refractivity (Wildman–Crippen MR) is 61.6 cm³/mol. The molecular weight excluding hydrogens is 264 g/mol. The van der Waals surface area contributed by atoms with Gasteiger partial charge in [0.1, 0.15) is 0 Å². The van der Waals surface area contributed by atoms with Crippen molar-refractivity contribution in [3.8, 4) is 0 Å². The third-order valence-corrected chi connectivity index (χ3v) is 5.49. The zero-order valence-electron chi connectivity index (χ0n) is 10.7. The molecule has 0 N–H and O–H groups in total. The standard InChI is InChI=1S/C14H14O6/c15-11-5-1-2-6-10-8(14(18)20-12(6)16)4-3-7(9(5)10)13(17)19-11/h5-10H,1-4H2/t5-,6+,7+,8?,9+,10-/m1/s1. The molecule has 4 aliphatic rings. The summed E-state index contributed by atoms with van der Waals surface area (Å²) in [6, 6.07) is 0. The second kappa shape index (κ2) is 3.90. The first-order valence-electron chi connectivity index (χ1n) is 7.09. The number of esters is 4. The van der Waals surface area contributed by atoms with E-state index in [-0.39, 0.29) is 35.5 Å². The van der Waals surface area contributed by atoms with E-state index in [2.05, 4.69) is 0 Å². The van der Waals surface area contributed by atoms with Crippen LogP contribution in [0.1, 0.15) is 25.7 Å². The fourth-order valence-electron chi connectivity index (χ4n) is 4.72. The maximum atomic E-state index is 11.9. The molecule has 20 heavy (non-hydrogen) atoms. The summed E-state index contributed by atoms with van der Waals surface area (Å²) in [6.45, 7) is 0. The zero-order valence-corrected chi connectivity index (χ0v) is 10.7. The highest BCUT2D eigenvalue weighted by Crippen LogP contribution is 2.56. The van der Waals surface area contributed by atoms with Crippen LogP contribution in [0.25, 0.3) is 0 Å². The van der Waals surface area contributed by atoms with Gasteiger partial charge in [0.25, 0.3) is 0 Å². The van der Waals surface area contributed by atoms with Crippen LogP contribution in [0.3, 0.4) is 0 Å². The van der Waals surface area contributed by atoms with Gasteiger partial charge in [-0.15, -0.1) is 0 Å². The average molecular weight is 278 g/mol. The van der Waals surface area contributed by atoms with Gasteiger partial charge >= 0.3 is 23.9 Å². The van der Waals surface area contributed by atoms with Gasteiger partial charge in [0.05, 0.1) is 23.7 Å². The van der Waals surface area contributed by atoms with Crippen molar-refractivity contribution in [2.24, 2.45) is 35.5 Å². The van der Waals surface area contributed by atoms with Gasteiger partial charge in [-0.2, -0.15) is 0 Å². The molecule has 0 amide bonds. The van der Waals surface area contributed by atoms with E-state index < -0.39 is 23.9 Å². The van der Waals surface area contributed by atoms with E-state index in [1.165, 1.54) is 0 Å². The van der Waals surface area contributed by atoms with Crippen LogP contribution >= 0.6 is 0 Å². The minimum absolute atomic E-state index is 0.224. The molecule has 1 unspecified atom stereocenters. The lowest BCUT2D eigenvalue weighted by Crippen LogP contribution is -2.59. The van der Waals surface area contributed by atoms with Crippen LogP contribution in [-0.4, -0.2) is 23.9 Å². The van der Waals surface area contributed by atoms with E-state index in [9.17, 15) is 19.2 Å². The largest absolute Gasteiger partial charge is 0.393 e. The normalized spacial score (nSPS) is 46.4. The number of carbonyl (C=O) groups excluding carboxylic acids is 4. The van der Waals surface area contributed by atoms with Crippen molar-refractivity contribution in [2.75, 3.05) is 0 Å². The first-order valence-corrected chi connectivity index (χ1v) is 7.09. The van der Waals surface area contributed by atoms with Gasteiger partial charge in [0.15, 0.2) is 0 Å². The fraction of sp³-hybridized carbons (Fsp3) is 0.714. The molecule has 6 nitrogen and oxygen atoms in total. The maximum Gasteiger partial charge on any atom is 0.316 e. The van der Waals surface area contributed by atoms with Gasteiger partial charge in [-0.25, -0.2) is 0 Å². The van der Waals surface area contributed by atoms with E-state index in [0.29, 0.717) is 25.7 Å². The van der Waals surface area contributed by atoms with Crippen LogP contribution in [0.5, 0.6) is 0 Å². The van der Waals surface area contributed by atoms with Gasteiger partial charge < -0.3 is 9.47 Å². The Morgan fingerprint density at radius 2 is 0.800 bits per heavy atom. The van der Waals surface area contributed by atoms with E-state index in [1.807, 2.05) is 0 Å². The summed E-state index contributed by atoms with van der Waals surface area (Å²) >= 11 is 0. The quantitative estimate of drug-likeness (QED) is 0.472. The number of hydrogen-bond donors (Lipinski definition) is 0. The number of carbonyl (C=O) groups is 4. The third kappa shape index (κ3) is 1.39. The van der Waals surface area contributed by atoms with Crippen molar-refractivity contribution in [3.05, 3.63) is 0 Å². The molecular formula is C14H14O6. The number of rotatable bonds is 0. The molecule has 0 radical (unpaired) electrons. The molecule has 2 heterocycles. The van der Waals surface area contributed by atoms with Crippen molar-refractivity contribution in [3.63, 3.8) is 0 Å². The van der Waals surface area contributed by atoms with Crippen molar-refractivity contribution in [1.29, 1.82) is 0 Å². The summed E-state index contributed by atoms with van der Waals surface area (Å²) in [6.07, 6.45) is 2.13. The van der Waals surface area contributed by atoms with Gasteiger partial charge in [0, 0.05) is 0 Å². The van der Waals surface area contributed by atoms with Gasteiger partial charge in [-0.05, 0) is 37.5 Å². The van der Waals surface area contributed by atoms with Crippen LogP contribution in [-0.2, 0) is 28.7 Å². The Morgan fingerprint density at radius 1 is 0.550 bits per heavy atom. The van der Waals surface area contributed by atoms with Crippen molar-refractivity contribution >= 4 is 23.9 Å². The summed E-state index contributed by atoms with van der Waals surface area (Å²) in [5.74, 6) is -3.77. The highest BCUT2D eigenvalue weighted by atomic mass is 16.6. The summed E-state index contributed by atoms with van der Waals surface area (Å²) in [5, 5.41) is 0. The monoisotopic (exact) mass is 278 g/mol. The third-order valence-electron chi connectivity index (χ3n) is 5.49. The zero-order chi connectivity index (χ0) is 14.0. The Balaban J connectivity index is 1.79. The molecule has 2 aliphatic carbocycles. The summed E-state index contributed by atoms with van der Waals surface area (Å²) in [4.78, 5) is 47.6. The maximum absolute atomic E-state index is 11.9. The SMILES string of the molecule is O=C1OC(=O)[C@H]2CC[C@H]3C(=O)OC(=O)[C@H]4CCC1[C@@H]2[C@H]43. The lowest BCUT2D eigenvalue weighted by atomic mass is 9.52. The summed E-state index contributed by atoms with van der Waals surface area (Å²) < 4.78 is 9.68. The van der Waals surface area contributed by atoms with Crippen molar-refractivity contribution < 1.29 is 28.7 Å². The molecule has 4 rings (SSSR count). The molecule has 106 valence electrons. The first kappa shape index (κ1) is 12.1. The number of hydrogen-bond acceptors (Lipinski definition) is 6.